The fourth-order valence-corrected chi connectivity index (χ4v) is 2.97. The van der Waals surface area contributed by atoms with Crippen molar-refractivity contribution in [3.8, 4) is 11.3 Å². The lowest BCUT2D eigenvalue weighted by molar-refractivity contribution is -0.117. The third-order valence-electron chi connectivity index (χ3n) is 4.46. The molecule has 5 nitrogen and oxygen atoms in total. The van der Waals surface area contributed by atoms with E-state index in [1.54, 1.807) is 6.07 Å². The summed E-state index contributed by atoms with van der Waals surface area (Å²) in [6, 6.07) is 16.9. The molecule has 1 heterocycles. The maximum absolute atomic E-state index is 12.3. The Morgan fingerprint density at radius 3 is 2.44 bits per heavy atom. The molecule has 27 heavy (non-hydrogen) atoms. The molecule has 0 saturated carbocycles. The van der Waals surface area contributed by atoms with Crippen LogP contribution in [-0.4, -0.2) is 15.7 Å². The molecule has 138 valence electrons. The number of amides is 1. The number of carbonyl (C=O) groups is 1. The molecule has 1 amide bonds. The molecule has 3 aromatic rings. The molecule has 0 spiro atoms. The van der Waals surface area contributed by atoms with Crippen molar-refractivity contribution in [2.75, 3.05) is 5.32 Å². The van der Waals surface area contributed by atoms with Crippen molar-refractivity contribution < 1.29 is 4.79 Å². The van der Waals surface area contributed by atoms with Crippen LogP contribution >= 0.6 is 0 Å². The Morgan fingerprint density at radius 2 is 1.78 bits per heavy atom. The first-order valence-corrected chi connectivity index (χ1v) is 9.01. The Morgan fingerprint density at radius 1 is 1.04 bits per heavy atom. The van der Waals surface area contributed by atoms with Crippen LogP contribution in [0.5, 0.6) is 0 Å². The Kier molecular flexibility index (Phi) is 5.50. The van der Waals surface area contributed by atoms with Crippen molar-refractivity contribution in [3.05, 3.63) is 81.6 Å². The number of hydrogen-bond acceptors (Lipinski definition) is 3. The molecule has 3 rings (SSSR count). The van der Waals surface area contributed by atoms with E-state index in [1.165, 1.54) is 16.3 Å². The zero-order valence-electron chi connectivity index (χ0n) is 15.8. The van der Waals surface area contributed by atoms with Gasteiger partial charge in [-0.05, 0) is 49.6 Å². The van der Waals surface area contributed by atoms with Crippen LogP contribution in [0.1, 0.15) is 23.6 Å². The van der Waals surface area contributed by atoms with Crippen molar-refractivity contribution in [2.24, 2.45) is 0 Å². The Hall–Kier alpha value is -3.21. The van der Waals surface area contributed by atoms with Gasteiger partial charge in [0.1, 0.15) is 6.54 Å². The Bertz CT molecular complexity index is 1020. The first kappa shape index (κ1) is 18.6. The van der Waals surface area contributed by atoms with Crippen molar-refractivity contribution >= 4 is 11.6 Å². The van der Waals surface area contributed by atoms with Gasteiger partial charge < -0.3 is 5.32 Å². The van der Waals surface area contributed by atoms with E-state index in [1.807, 2.05) is 50.2 Å². The monoisotopic (exact) mass is 361 g/mol. The van der Waals surface area contributed by atoms with Crippen molar-refractivity contribution in [1.29, 1.82) is 0 Å². The van der Waals surface area contributed by atoms with E-state index in [2.05, 4.69) is 23.4 Å². The van der Waals surface area contributed by atoms with Crippen LogP contribution in [0.3, 0.4) is 0 Å². The van der Waals surface area contributed by atoms with Crippen LogP contribution in [0.2, 0.25) is 0 Å². The van der Waals surface area contributed by atoms with Gasteiger partial charge in [0, 0.05) is 17.3 Å². The van der Waals surface area contributed by atoms with Gasteiger partial charge >= 0.3 is 0 Å². The van der Waals surface area contributed by atoms with Crippen LogP contribution in [0.15, 0.2) is 59.4 Å². The SMILES string of the molecule is CCc1ccc(NC(=O)Cn2nc(-c3ccc(C)cc3C)ccc2=O)cc1. The average molecular weight is 361 g/mol. The van der Waals surface area contributed by atoms with Gasteiger partial charge in [-0.3, -0.25) is 9.59 Å². The van der Waals surface area contributed by atoms with E-state index >= 15 is 0 Å². The molecule has 5 heteroatoms. The number of aryl methyl sites for hydroxylation is 3. The second-order valence-corrected chi connectivity index (χ2v) is 6.63. The number of nitrogens with zero attached hydrogens (tertiary/aromatic N) is 2. The molecule has 0 aliphatic rings. The second-order valence-electron chi connectivity index (χ2n) is 6.63. The van der Waals surface area contributed by atoms with Crippen molar-refractivity contribution in [1.82, 2.24) is 9.78 Å². The van der Waals surface area contributed by atoms with E-state index in [9.17, 15) is 9.59 Å². The van der Waals surface area contributed by atoms with Gasteiger partial charge in [0.15, 0.2) is 0 Å². The lowest BCUT2D eigenvalue weighted by atomic mass is 10.0. The van der Waals surface area contributed by atoms with Gasteiger partial charge in [0.2, 0.25) is 5.91 Å². The van der Waals surface area contributed by atoms with Gasteiger partial charge in [0.05, 0.1) is 5.69 Å². The largest absolute Gasteiger partial charge is 0.324 e. The summed E-state index contributed by atoms with van der Waals surface area (Å²) in [6.45, 7) is 5.98. The van der Waals surface area contributed by atoms with E-state index < -0.39 is 0 Å². The fraction of sp³-hybridized carbons (Fsp3) is 0.227. The van der Waals surface area contributed by atoms with Gasteiger partial charge in [0.25, 0.3) is 5.56 Å². The molecule has 0 bridgehead atoms. The molecule has 2 aromatic carbocycles. The fourth-order valence-electron chi connectivity index (χ4n) is 2.97. The third kappa shape index (κ3) is 4.50. The highest BCUT2D eigenvalue weighted by atomic mass is 16.2. The first-order valence-electron chi connectivity index (χ1n) is 9.01. The van der Waals surface area contributed by atoms with Crippen LogP contribution in [0.25, 0.3) is 11.3 Å². The molecule has 0 atom stereocenters. The third-order valence-corrected chi connectivity index (χ3v) is 4.46. The number of aromatic nitrogens is 2. The molecule has 0 saturated heterocycles. The Balaban J connectivity index is 1.79. The minimum Gasteiger partial charge on any atom is -0.324 e. The molecular formula is C22H23N3O2. The predicted octanol–water partition coefficient (Wildman–Crippen LogP) is 3.73. The minimum absolute atomic E-state index is 0.132. The number of nitrogens with one attached hydrogen (secondary N) is 1. The molecule has 1 N–H and O–H groups in total. The summed E-state index contributed by atoms with van der Waals surface area (Å²) < 4.78 is 1.20. The standard InChI is InChI=1S/C22H23N3O2/c1-4-17-6-8-18(9-7-17)23-21(26)14-25-22(27)12-11-20(24-25)19-10-5-15(2)13-16(19)3/h5-13H,4,14H2,1-3H3,(H,23,26). The van der Waals surface area contributed by atoms with Crippen molar-refractivity contribution in [3.63, 3.8) is 0 Å². The summed E-state index contributed by atoms with van der Waals surface area (Å²) in [5.41, 5.74) is 5.46. The minimum atomic E-state index is -0.306. The number of benzene rings is 2. The van der Waals surface area contributed by atoms with Crippen molar-refractivity contribution in [2.45, 2.75) is 33.7 Å². The van der Waals surface area contributed by atoms with Gasteiger partial charge in [-0.2, -0.15) is 5.10 Å². The topological polar surface area (TPSA) is 64.0 Å². The van der Waals surface area contributed by atoms with E-state index in [4.69, 9.17) is 0 Å². The molecule has 0 aliphatic heterocycles. The van der Waals surface area contributed by atoms with Gasteiger partial charge in [-0.15, -0.1) is 0 Å². The van der Waals surface area contributed by atoms with E-state index in [0.717, 1.165) is 23.1 Å². The summed E-state index contributed by atoms with van der Waals surface area (Å²) >= 11 is 0. The second kappa shape index (κ2) is 7.99. The summed E-state index contributed by atoms with van der Waals surface area (Å²) in [6.07, 6.45) is 0.943. The van der Waals surface area contributed by atoms with Gasteiger partial charge in [-0.25, -0.2) is 4.68 Å². The number of hydrogen-bond donors (Lipinski definition) is 1. The molecule has 0 aliphatic carbocycles. The van der Waals surface area contributed by atoms with Crippen LogP contribution in [0.4, 0.5) is 5.69 Å². The highest BCUT2D eigenvalue weighted by Gasteiger charge is 2.10. The highest BCUT2D eigenvalue weighted by Crippen LogP contribution is 2.21. The number of carbonyl (C=O) groups excluding carboxylic acids is 1. The maximum atomic E-state index is 12.3. The van der Waals surface area contributed by atoms with Crippen LogP contribution in [0, 0.1) is 13.8 Å². The quantitative estimate of drug-likeness (QED) is 0.753. The highest BCUT2D eigenvalue weighted by molar-refractivity contribution is 5.90. The maximum Gasteiger partial charge on any atom is 0.267 e. The van der Waals surface area contributed by atoms with E-state index in [0.29, 0.717) is 11.4 Å². The smallest absolute Gasteiger partial charge is 0.267 e. The number of rotatable bonds is 5. The summed E-state index contributed by atoms with van der Waals surface area (Å²) in [5.74, 6) is -0.286. The average Bonchev–Trinajstić information content (AvgIpc) is 2.64. The molecular weight excluding hydrogens is 338 g/mol. The van der Waals surface area contributed by atoms with Crippen LogP contribution in [-0.2, 0) is 17.8 Å². The first-order chi connectivity index (χ1) is 13.0. The zero-order valence-corrected chi connectivity index (χ0v) is 15.8. The van der Waals surface area contributed by atoms with Crippen LogP contribution < -0.4 is 10.9 Å². The molecule has 1 aromatic heterocycles. The van der Waals surface area contributed by atoms with E-state index in [-0.39, 0.29) is 18.0 Å². The molecule has 0 fully saturated rings. The lowest BCUT2D eigenvalue weighted by Gasteiger charge is -2.10. The molecule has 0 unspecified atom stereocenters. The normalized spacial score (nSPS) is 10.6. The summed E-state index contributed by atoms with van der Waals surface area (Å²) in [7, 11) is 0. The molecule has 0 radical (unpaired) electrons. The predicted molar refractivity (Wildman–Crippen MR) is 108 cm³/mol. The summed E-state index contributed by atoms with van der Waals surface area (Å²) in [5, 5.41) is 7.19. The lowest BCUT2D eigenvalue weighted by Crippen LogP contribution is -2.29. The number of anilines is 1. The Labute approximate surface area is 158 Å². The summed E-state index contributed by atoms with van der Waals surface area (Å²) in [4.78, 5) is 24.5. The van der Waals surface area contributed by atoms with Gasteiger partial charge in [-0.1, -0.05) is 42.8 Å². The zero-order chi connectivity index (χ0) is 19.4.